The number of hydrogen-bond donors (Lipinski definition) is 0. The summed E-state index contributed by atoms with van der Waals surface area (Å²) in [6.07, 6.45) is 0.723. The van der Waals surface area contributed by atoms with Gasteiger partial charge in [-0.2, -0.15) is 0 Å². The second-order valence-electron chi connectivity index (χ2n) is 5.15. The molecule has 0 bridgehead atoms. The van der Waals surface area contributed by atoms with Crippen molar-refractivity contribution in [1.82, 2.24) is 9.55 Å². The molecule has 3 aromatic rings. The molecule has 0 spiro atoms. The van der Waals surface area contributed by atoms with Crippen LogP contribution in [-0.4, -0.2) is 15.4 Å². The van der Waals surface area contributed by atoms with Crippen molar-refractivity contribution in [2.45, 2.75) is 20.3 Å². The number of hydrogen-bond acceptors (Lipinski definition) is 1. The highest BCUT2D eigenvalue weighted by atomic mass is 35.5. The van der Waals surface area contributed by atoms with E-state index in [1.165, 1.54) is 11.1 Å². The van der Waals surface area contributed by atoms with Gasteiger partial charge in [0.05, 0.1) is 16.7 Å². The van der Waals surface area contributed by atoms with Gasteiger partial charge < -0.3 is 0 Å². The van der Waals surface area contributed by atoms with Crippen molar-refractivity contribution in [3.05, 3.63) is 58.4 Å². The smallest absolute Gasteiger partial charge is 0.115 e. The third-order valence-electron chi connectivity index (χ3n) is 3.82. The lowest BCUT2D eigenvalue weighted by Gasteiger charge is -2.13. The molecule has 2 nitrogen and oxygen atoms in total. The van der Waals surface area contributed by atoms with Gasteiger partial charge in [-0.1, -0.05) is 23.7 Å². The highest BCUT2D eigenvalue weighted by Gasteiger charge is 2.14. The van der Waals surface area contributed by atoms with Crippen LogP contribution >= 0.6 is 23.2 Å². The van der Waals surface area contributed by atoms with Gasteiger partial charge in [-0.25, -0.2) is 4.98 Å². The first kappa shape index (κ1) is 14.4. The number of halogens is 2. The minimum absolute atomic E-state index is 0.544. The standard InChI is InChI=1S/C17H16Cl2N2/c1-11-4-3-5-15(12(11)2)21-16-7-6-13(19)10-14(16)20-17(21)8-9-18/h3-7,10H,8-9H2,1-2H3. The molecule has 1 heterocycles. The number of fused-ring (bicyclic) bond motifs is 1. The lowest BCUT2D eigenvalue weighted by atomic mass is 10.1. The molecule has 0 atom stereocenters. The van der Waals surface area contributed by atoms with Crippen LogP contribution < -0.4 is 0 Å². The van der Waals surface area contributed by atoms with E-state index in [0.717, 1.165) is 29.0 Å². The Kier molecular flexibility index (Phi) is 3.92. The highest BCUT2D eigenvalue weighted by molar-refractivity contribution is 6.31. The Labute approximate surface area is 134 Å². The summed E-state index contributed by atoms with van der Waals surface area (Å²) in [6.45, 7) is 4.26. The zero-order valence-electron chi connectivity index (χ0n) is 12.0. The second kappa shape index (κ2) is 5.70. The van der Waals surface area contributed by atoms with E-state index in [-0.39, 0.29) is 0 Å². The maximum atomic E-state index is 6.08. The fourth-order valence-corrected chi connectivity index (χ4v) is 2.94. The van der Waals surface area contributed by atoms with Gasteiger partial charge in [0.1, 0.15) is 5.82 Å². The Morgan fingerprint density at radius 3 is 2.71 bits per heavy atom. The summed E-state index contributed by atoms with van der Waals surface area (Å²) >= 11 is 12.0. The lowest BCUT2D eigenvalue weighted by Crippen LogP contribution is -2.04. The summed E-state index contributed by atoms with van der Waals surface area (Å²) < 4.78 is 2.19. The van der Waals surface area contributed by atoms with E-state index >= 15 is 0 Å². The van der Waals surface area contributed by atoms with E-state index < -0.39 is 0 Å². The molecular formula is C17H16Cl2N2. The molecule has 0 unspecified atom stereocenters. The third-order valence-corrected chi connectivity index (χ3v) is 4.25. The average molecular weight is 319 g/mol. The molecule has 0 saturated heterocycles. The van der Waals surface area contributed by atoms with Crippen LogP contribution in [0, 0.1) is 13.8 Å². The van der Waals surface area contributed by atoms with E-state index in [2.05, 4.69) is 36.6 Å². The van der Waals surface area contributed by atoms with Gasteiger partial charge >= 0.3 is 0 Å². The van der Waals surface area contributed by atoms with Crippen molar-refractivity contribution in [1.29, 1.82) is 0 Å². The van der Waals surface area contributed by atoms with Crippen molar-refractivity contribution in [2.24, 2.45) is 0 Å². The molecule has 2 aromatic carbocycles. The van der Waals surface area contributed by atoms with Crippen molar-refractivity contribution in [3.63, 3.8) is 0 Å². The van der Waals surface area contributed by atoms with E-state index in [1.807, 2.05) is 18.2 Å². The van der Waals surface area contributed by atoms with Crippen molar-refractivity contribution >= 4 is 34.2 Å². The molecular weight excluding hydrogens is 303 g/mol. The molecule has 0 fully saturated rings. The normalized spacial score (nSPS) is 11.2. The number of aromatic nitrogens is 2. The number of aryl methyl sites for hydroxylation is 2. The van der Waals surface area contributed by atoms with Crippen molar-refractivity contribution < 1.29 is 0 Å². The number of rotatable bonds is 3. The molecule has 21 heavy (non-hydrogen) atoms. The predicted molar refractivity (Wildman–Crippen MR) is 90.0 cm³/mol. The fraction of sp³-hybridized carbons (Fsp3) is 0.235. The molecule has 1 aromatic heterocycles. The summed E-state index contributed by atoms with van der Waals surface area (Å²) in [4.78, 5) is 4.70. The Balaban J connectivity index is 2.33. The van der Waals surface area contributed by atoms with Crippen LogP contribution in [0.15, 0.2) is 36.4 Å². The number of nitrogens with zero attached hydrogens (tertiary/aromatic N) is 2. The van der Waals surface area contributed by atoms with E-state index in [0.29, 0.717) is 10.9 Å². The molecule has 0 radical (unpaired) electrons. The van der Waals surface area contributed by atoms with Crippen molar-refractivity contribution in [2.75, 3.05) is 5.88 Å². The van der Waals surface area contributed by atoms with Gasteiger partial charge in [0.15, 0.2) is 0 Å². The molecule has 0 saturated carbocycles. The van der Waals surface area contributed by atoms with E-state index in [4.69, 9.17) is 28.2 Å². The third kappa shape index (κ3) is 2.54. The zero-order chi connectivity index (χ0) is 15.0. The van der Waals surface area contributed by atoms with Crippen LogP contribution in [0.1, 0.15) is 17.0 Å². The number of imidazole rings is 1. The minimum atomic E-state index is 0.544. The molecule has 0 aliphatic heterocycles. The first-order valence-electron chi connectivity index (χ1n) is 6.91. The summed E-state index contributed by atoms with van der Waals surface area (Å²) in [5, 5.41) is 0.700. The summed E-state index contributed by atoms with van der Waals surface area (Å²) in [6, 6.07) is 12.1. The molecule has 0 amide bonds. The Bertz CT molecular complexity index is 806. The molecule has 4 heteroatoms. The van der Waals surface area contributed by atoms with Crippen LogP contribution in [-0.2, 0) is 6.42 Å². The Morgan fingerprint density at radius 2 is 1.95 bits per heavy atom. The highest BCUT2D eigenvalue weighted by Crippen LogP contribution is 2.27. The second-order valence-corrected chi connectivity index (χ2v) is 5.97. The van der Waals surface area contributed by atoms with Crippen molar-refractivity contribution in [3.8, 4) is 5.69 Å². The minimum Gasteiger partial charge on any atom is -0.296 e. The van der Waals surface area contributed by atoms with Crippen LogP contribution in [0.3, 0.4) is 0 Å². The largest absolute Gasteiger partial charge is 0.296 e. The van der Waals surface area contributed by atoms with Gasteiger partial charge in [-0.05, 0) is 49.2 Å². The first-order valence-corrected chi connectivity index (χ1v) is 7.82. The van der Waals surface area contributed by atoms with Gasteiger partial charge in [-0.3, -0.25) is 4.57 Å². The SMILES string of the molecule is Cc1cccc(-n2c(CCCl)nc3cc(Cl)ccc32)c1C. The van der Waals surface area contributed by atoms with Gasteiger partial charge in [0.2, 0.25) is 0 Å². The summed E-state index contributed by atoms with van der Waals surface area (Å²) in [5.41, 5.74) is 5.64. The molecule has 0 N–H and O–H groups in total. The topological polar surface area (TPSA) is 17.8 Å². The van der Waals surface area contributed by atoms with Gasteiger partial charge in [0, 0.05) is 17.3 Å². The maximum Gasteiger partial charge on any atom is 0.115 e. The summed E-state index contributed by atoms with van der Waals surface area (Å²) in [5.74, 6) is 1.51. The fourth-order valence-electron chi connectivity index (χ4n) is 2.60. The monoisotopic (exact) mass is 318 g/mol. The lowest BCUT2D eigenvalue weighted by molar-refractivity contribution is 0.905. The van der Waals surface area contributed by atoms with Gasteiger partial charge in [-0.15, -0.1) is 11.6 Å². The summed E-state index contributed by atoms with van der Waals surface area (Å²) in [7, 11) is 0. The predicted octanol–water partition coefficient (Wildman–Crippen LogP) is 5.08. The molecule has 108 valence electrons. The molecule has 3 rings (SSSR count). The Morgan fingerprint density at radius 1 is 1.14 bits per heavy atom. The maximum absolute atomic E-state index is 6.08. The first-order chi connectivity index (χ1) is 10.1. The number of benzene rings is 2. The quantitative estimate of drug-likeness (QED) is 0.616. The van der Waals surface area contributed by atoms with E-state index in [9.17, 15) is 0 Å². The number of alkyl halides is 1. The van der Waals surface area contributed by atoms with Crippen LogP contribution in [0.25, 0.3) is 16.7 Å². The van der Waals surface area contributed by atoms with Crippen LogP contribution in [0.5, 0.6) is 0 Å². The Hall–Kier alpha value is -1.51. The molecule has 0 aliphatic rings. The van der Waals surface area contributed by atoms with Crippen LogP contribution in [0.4, 0.5) is 0 Å². The van der Waals surface area contributed by atoms with E-state index in [1.54, 1.807) is 0 Å². The van der Waals surface area contributed by atoms with Crippen LogP contribution in [0.2, 0.25) is 5.02 Å². The average Bonchev–Trinajstić information content (AvgIpc) is 2.79. The zero-order valence-corrected chi connectivity index (χ0v) is 13.5. The molecule has 0 aliphatic carbocycles. The van der Waals surface area contributed by atoms with Gasteiger partial charge in [0.25, 0.3) is 0 Å².